The van der Waals surface area contributed by atoms with E-state index in [0.29, 0.717) is 28.6 Å². The number of nitrogens with one attached hydrogen (secondary N) is 1. The van der Waals surface area contributed by atoms with Gasteiger partial charge >= 0.3 is 0 Å². The Balaban J connectivity index is 1.83. The van der Waals surface area contributed by atoms with Gasteiger partial charge < -0.3 is 25.1 Å². The molecule has 6 heteroatoms. The van der Waals surface area contributed by atoms with Gasteiger partial charge in [0.05, 0.1) is 5.69 Å². The fourth-order valence-corrected chi connectivity index (χ4v) is 2.28. The number of hydrogen-bond acceptors (Lipinski definition) is 4. The molecule has 3 rings (SSSR count). The van der Waals surface area contributed by atoms with E-state index in [9.17, 15) is 4.79 Å². The average molecular weight is 287 g/mol. The first-order valence-electron chi connectivity index (χ1n) is 6.73. The smallest absolute Gasteiger partial charge is 0.272 e. The van der Waals surface area contributed by atoms with Gasteiger partial charge in [0, 0.05) is 24.0 Å². The first kappa shape index (κ1) is 13.4. The van der Waals surface area contributed by atoms with Crippen molar-refractivity contribution in [2.45, 2.75) is 19.9 Å². The Kier molecular flexibility index (Phi) is 3.21. The molecule has 21 heavy (non-hydrogen) atoms. The Morgan fingerprint density at radius 2 is 2.05 bits per heavy atom. The summed E-state index contributed by atoms with van der Waals surface area (Å²) in [6.45, 7) is 4.20. The van der Waals surface area contributed by atoms with Crippen LogP contribution in [0.15, 0.2) is 30.5 Å². The van der Waals surface area contributed by atoms with E-state index in [1.807, 2.05) is 18.4 Å². The average Bonchev–Trinajstić information content (AvgIpc) is 3.04. The van der Waals surface area contributed by atoms with Crippen molar-refractivity contribution >= 4 is 17.3 Å². The summed E-state index contributed by atoms with van der Waals surface area (Å²) in [6, 6.07) is 7.11. The van der Waals surface area contributed by atoms with Crippen molar-refractivity contribution in [1.29, 1.82) is 0 Å². The second kappa shape index (κ2) is 5.05. The fourth-order valence-electron chi connectivity index (χ4n) is 2.28. The van der Waals surface area contributed by atoms with Crippen LogP contribution in [-0.2, 0) is 0 Å². The number of nitrogen functional groups attached to an aromatic ring is 1. The van der Waals surface area contributed by atoms with E-state index in [1.54, 1.807) is 30.5 Å². The van der Waals surface area contributed by atoms with Gasteiger partial charge in [-0.25, -0.2) is 0 Å². The summed E-state index contributed by atoms with van der Waals surface area (Å²) < 4.78 is 12.4. The van der Waals surface area contributed by atoms with Gasteiger partial charge in [-0.15, -0.1) is 0 Å². The summed E-state index contributed by atoms with van der Waals surface area (Å²) in [5.74, 6) is 1.11. The van der Waals surface area contributed by atoms with Crippen LogP contribution in [0.1, 0.15) is 30.4 Å². The highest BCUT2D eigenvalue weighted by atomic mass is 16.7. The van der Waals surface area contributed by atoms with E-state index in [2.05, 4.69) is 5.32 Å². The van der Waals surface area contributed by atoms with Crippen LogP contribution < -0.4 is 20.5 Å². The number of nitrogens with two attached hydrogens (primary N) is 1. The summed E-state index contributed by atoms with van der Waals surface area (Å²) in [5, 5.41) is 2.85. The summed E-state index contributed by atoms with van der Waals surface area (Å²) in [5.41, 5.74) is 7.53. The molecule has 1 aliphatic heterocycles. The second-order valence-corrected chi connectivity index (χ2v) is 5.18. The van der Waals surface area contributed by atoms with Crippen molar-refractivity contribution in [2.24, 2.45) is 0 Å². The van der Waals surface area contributed by atoms with E-state index in [-0.39, 0.29) is 18.7 Å². The van der Waals surface area contributed by atoms with Gasteiger partial charge in [0.2, 0.25) is 6.79 Å². The van der Waals surface area contributed by atoms with E-state index in [4.69, 9.17) is 15.2 Å². The highest BCUT2D eigenvalue weighted by Gasteiger charge is 2.17. The van der Waals surface area contributed by atoms with Gasteiger partial charge in [-0.05, 0) is 32.0 Å². The molecule has 0 fully saturated rings. The third-order valence-corrected chi connectivity index (χ3v) is 3.29. The maximum atomic E-state index is 12.4. The van der Waals surface area contributed by atoms with E-state index in [1.165, 1.54) is 0 Å². The van der Waals surface area contributed by atoms with Gasteiger partial charge in [0.25, 0.3) is 5.91 Å². The molecule has 0 saturated heterocycles. The van der Waals surface area contributed by atoms with Crippen molar-refractivity contribution in [2.75, 3.05) is 17.8 Å². The van der Waals surface area contributed by atoms with Crippen LogP contribution >= 0.6 is 0 Å². The number of aromatic nitrogens is 1. The lowest BCUT2D eigenvalue weighted by molar-refractivity contribution is 0.101. The topological polar surface area (TPSA) is 78.5 Å². The molecule has 1 aromatic carbocycles. The molecule has 1 aliphatic rings. The maximum absolute atomic E-state index is 12.4. The lowest BCUT2D eigenvalue weighted by atomic mass is 10.2. The van der Waals surface area contributed by atoms with E-state index >= 15 is 0 Å². The number of carbonyl (C=O) groups excluding carboxylic acids is 1. The van der Waals surface area contributed by atoms with Crippen LogP contribution in [-0.4, -0.2) is 17.3 Å². The van der Waals surface area contributed by atoms with Crippen molar-refractivity contribution in [3.8, 4) is 11.5 Å². The molecule has 6 nitrogen and oxygen atoms in total. The van der Waals surface area contributed by atoms with Gasteiger partial charge in [-0.1, -0.05) is 0 Å². The van der Waals surface area contributed by atoms with Crippen molar-refractivity contribution in [1.82, 2.24) is 4.57 Å². The van der Waals surface area contributed by atoms with Crippen LogP contribution in [0.3, 0.4) is 0 Å². The third kappa shape index (κ3) is 2.52. The summed E-state index contributed by atoms with van der Waals surface area (Å²) in [4.78, 5) is 12.4. The minimum atomic E-state index is -0.209. The summed E-state index contributed by atoms with van der Waals surface area (Å²) in [6.07, 6.45) is 1.76. The molecular weight excluding hydrogens is 270 g/mol. The van der Waals surface area contributed by atoms with Crippen LogP contribution in [0.4, 0.5) is 11.4 Å². The van der Waals surface area contributed by atoms with Crippen molar-refractivity contribution in [3.05, 3.63) is 36.2 Å². The normalized spacial score (nSPS) is 12.7. The molecule has 0 atom stereocenters. The SMILES string of the molecule is CC(C)n1cc(N)cc1C(=O)Nc1ccc2c(c1)OCO2. The lowest BCUT2D eigenvalue weighted by Crippen LogP contribution is -2.17. The molecule has 0 unspecified atom stereocenters. The Morgan fingerprint density at radius 1 is 1.29 bits per heavy atom. The summed E-state index contributed by atoms with van der Waals surface area (Å²) >= 11 is 0. The number of ether oxygens (including phenoxy) is 2. The summed E-state index contributed by atoms with van der Waals surface area (Å²) in [7, 11) is 0. The van der Waals surface area contributed by atoms with Crippen molar-refractivity contribution in [3.63, 3.8) is 0 Å². The Morgan fingerprint density at radius 3 is 2.81 bits per heavy atom. The Labute approximate surface area is 122 Å². The largest absolute Gasteiger partial charge is 0.454 e. The molecule has 1 amide bonds. The zero-order valence-electron chi connectivity index (χ0n) is 11.9. The van der Waals surface area contributed by atoms with Crippen LogP contribution in [0.2, 0.25) is 0 Å². The van der Waals surface area contributed by atoms with Crippen LogP contribution in [0, 0.1) is 0 Å². The van der Waals surface area contributed by atoms with Crippen LogP contribution in [0.5, 0.6) is 11.5 Å². The highest BCUT2D eigenvalue weighted by molar-refractivity contribution is 6.04. The fraction of sp³-hybridized carbons (Fsp3) is 0.267. The molecule has 0 bridgehead atoms. The van der Waals surface area contributed by atoms with Gasteiger partial charge in [0.1, 0.15) is 5.69 Å². The minimum absolute atomic E-state index is 0.153. The molecule has 2 aromatic rings. The van der Waals surface area contributed by atoms with Gasteiger partial charge in [0.15, 0.2) is 11.5 Å². The number of anilines is 2. The predicted octanol–water partition coefficient (Wildman–Crippen LogP) is 2.63. The number of nitrogens with zero attached hydrogens (tertiary/aromatic N) is 1. The predicted molar refractivity (Wildman–Crippen MR) is 79.7 cm³/mol. The number of hydrogen-bond donors (Lipinski definition) is 2. The zero-order valence-corrected chi connectivity index (χ0v) is 11.9. The number of carbonyl (C=O) groups is 1. The molecule has 1 aromatic heterocycles. The number of benzene rings is 1. The second-order valence-electron chi connectivity index (χ2n) is 5.18. The molecular formula is C15H17N3O3. The van der Waals surface area contributed by atoms with Crippen molar-refractivity contribution < 1.29 is 14.3 Å². The standard InChI is InChI=1S/C15H17N3O3/c1-9(2)18-7-10(16)5-12(18)15(19)17-11-3-4-13-14(6-11)21-8-20-13/h3-7,9H,8,16H2,1-2H3,(H,17,19). The number of fused-ring (bicyclic) bond motifs is 1. The molecule has 0 radical (unpaired) electrons. The molecule has 110 valence electrons. The molecule has 0 aliphatic carbocycles. The number of rotatable bonds is 3. The zero-order chi connectivity index (χ0) is 15.0. The molecule has 0 spiro atoms. The maximum Gasteiger partial charge on any atom is 0.272 e. The third-order valence-electron chi connectivity index (χ3n) is 3.29. The quantitative estimate of drug-likeness (QED) is 0.909. The molecule has 0 saturated carbocycles. The van der Waals surface area contributed by atoms with E-state index in [0.717, 1.165) is 0 Å². The minimum Gasteiger partial charge on any atom is -0.454 e. The first-order chi connectivity index (χ1) is 10.0. The monoisotopic (exact) mass is 287 g/mol. The lowest BCUT2D eigenvalue weighted by Gasteiger charge is -2.12. The Hall–Kier alpha value is -2.63. The molecule has 2 heterocycles. The molecule has 3 N–H and O–H groups in total. The van der Waals surface area contributed by atoms with Gasteiger partial charge in [-0.3, -0.25) is 4.79 Å². The first-order valence-corrected chi connectivity index (χ1v) is 6.73. The Bertz CT molecular complexity index is 691. The number of amides is 1. The van der Waals surface area contributed by atoms with Gasteiger partial charge in [-0.2, -0.15) is 0 Å². The highest BCUT2D eigenvalue weighted by Crippen LogP contribution is 2.34. The van der Waals surface area contributed by atoms with Crippen LogP contribution in [0.25, 0.3) is 0 Å². The van der Waals surface area contributed by atoms with E-state index < -0.39 is 0 Å².